The Morgan fingerprint density at radius 1 is 0.298 bits per heavy atom. The van der Waals surface area contributed by atoms with E-state index in [1.54, 1.807) is 0 Å². The number of rotatable bonds is 7. The molecule has 0 aliphatic carbocycles. The molecule has 0 unspecified atom stereocenters. The van der Waals surface area contributed by atoms with Crippen LogP contribution in [0.1, 0.15) is 0 Å². The fourth-order valence-electron chi connectivity index (χ4n) is 8.89. The van der Waals surface area contributed by atoms with Crippen LogP contribution in [0.3, 0.4) is 0 Å². The SMILES string of the molecule is c1ccc(-c2nc(-n3c4ccccc4c4ccccc43)nc(-n3c4ccccc4c4cc([Si](c5ccccc5)(c5ccccc5)c5ccccc5)ccc43)n2)cc1. The average molecular weight is 746 g/mol. The monoisotopic (exact) mass is 745 g/mol. The lowest BCUT2D eigenvalue weighted by Crippen LogP contribution is -2.74. The minimum Gasteiger partial charge on any atom is -0.278 e. The van der Waals surface area contributed by atoms with E-state index in [0.29, 0.717) is 17.7 Å². The molecule has 3 heterocycles. The summed E-state index contributed by atoms with van der Waals surface area (Å²) in [5.74, 6) is 1.75. The molecule has 0 N–H and O–H groups in total. The Bertz CT molecular complexity index is 3080. The third-order valence-electron chi connectivity index (χ3n) is 11.3. The summed E-state index contributed by atoms with van der Waals surface area (Å²) < 4.78 is 4.39. The summed E-state index contributed by atoms with van der Waals surface area (Å²) in [7, 11) is -2.78. The highest BCUT2D eigenvalue weighted by Crippen LogP contribution is 2.34. The third-order valence-corrected chi connectivity index (χ3v) is 16.1. The van der Waals surface area contributed by atoms with Crippen LogP contribution in [-0.2, 0) is 0 Å². The minimum atomic E-state index is -2.78. The Morgan fingerprint density at radius 3 is 1.12 bits per heavy atom. The van der Waals surface area contributed by atoms with Crippen LogP contribution in [0.25, 0.3) is 66.9 Å². The first-order valence-electron chi connectivity index (χ1n) is 19.3. The van der Waals surface area contributed by atoms with Gasteiger partial charge in [-0.15, -0.1) is 0 Å². The van der Waals surface area contributed by atoms with Gasteiger partial charge in [0.05, 0.1) is 22.1 Å². The molecule has 0 amide bonds. The van der Waals surface area contributed by atoms with E-state index in [2.05, 4.69) is 203 Å². The highest BCUT2D eigenvalue weighted by Gasteiger charge is 2.41. The van der Waals surface area contributed by atoms with Crippen molar-refractivity contribution in [2.45, 2.75) is 0 Å². The summed E-state index contributed by atoms with van der Waals surface area (Å²) >= 11 is 0. The van der Waals surface area contributed by atoms with E-state index in [9.17, 15) is 0 Å². The molecule has 0 aliphatic heterocycles. The Hall–Kier alpha value is -7.41. The zero-order valence-electron chi connectivity index (χ0n) is 30.9. The van der Waals surface area contributed by atoms with Gasteiger partial charge in [-0.25, -0.2) is 0 Å². The first-order valence-corrected chi connectivity index (χ1v) is 21.3. The van der Waals surface area contributed by atoms with Gasteiger partial charge in [-0.1, -0.05) is 188 Å². The number of fused-ring (bicyclic) bond motifs is 6. The van der Waals surface area contributed by atoms with Gasteiger partial charge in [-0.2, -0.15) is 15.0 Å². The predicted molar refractivity (Wildman–Crippen MR) is 238 cm³/mol. The predicted octanol–water partition coefficient (Wildman–Crippen LogP) is 9.11. The fraction of sp³-hybridized carbons (Fsp3) is 0. The smallest absolute Gasteiger partial charge is 0.240 e. The molecule has 57 heavy (non-hydrogen) atoms. The molecule has 0 atom stereocenters. The summed E-state index contributed by atoms with van der Waals surface area (Å²) in [6.07, 6.45) is 0. The fourth-order valence-corrected chi connectivity index (χ4v) is 13.7. The number of aromatic nitrogens is 5. The van der Waals surface area contributed by atoms with Crippen molar-refractivity contribution in [2.75, 3.05) is 0 Å². The van der Waals surface area contributed by atoms with Gasteiger partial charge in [0.1, 0.15) is 0 Å². The molecule has 0 spiro atoms. The van der Waals surface area contributed by atoms with Crippen molar-refractivity contribution in [3.8, 4) is 23.3 Å². The molecular weight excluding hydrogens is 711 g/mol. The lowest BCUT2D eigenvalue weighted by molar-refractivity contribution is 0.893. The first kappa shape index (κ1) is 33.0. The summed E-state index contributed by atoms with van der Waals surface area (Å²) in [5, 5.41) is 9.94. The summed E-state index contributed by atoms with van der Waals surface area (Å²) in [5.41, 5.74) is 5.09. The van der Waals surface area contributed by atoms with E-state index in [1.165, 1.54) is 20.7 Å². The second-order valence-corrected chi connectivity index (χ2v) is 18.2. The summed E-state index contributed by atoms with van der Waals surface area (Å²) in [4.78, 5) is 15.8. The van der Waals surface area contributed by atoms with Crippen molar-refractivity contribution in [3.05, 3.63) is 212 Å². The minimum absolute atomic E-state index is 0.567. The van der Waals surface area contributed by atoms with E-state index in [4.69, 9.17) is 15.0 Å². The molecule has 0 fully saturated rings. The maximum atomic E-state index is 5.37. The number of benzene rings is 8. The van der Waals surface area contributed by atoms with Gasteiger partial charge in [0, 0.05) is 27.1 Å². The van der Waals surface area contributed by atoms with Gasteiger partial charge < -0.3 is 0 Å². The summed E-state index contributed by atoms with van der Waals surface area (Å²) in [6.45, 7) is 0. The molecule has 11 aromatic rings. The maximum absolute atomic E-state index is 5.37. The third kappa shape index (κ3) is 5.19. The van der Waals surface area contributed by atoms with Crippen LogP contribution >= 0.6 is 0 Å². The zero-order chi connectivity index (χ0) is 37.8. The van der Waals surface area contributed by atoms with Crippen LogP contribution in [0.15, 0.2) is 212 Å². The lowest BCUT2D eigenvalue weighted by atomic mass is 10.1. The van der Waals surface area contributed by atoms with Crippen molar-refractivity contribution in [1.82, 2.24) is 24.1 Å². The van der Waals surface area contributed by atoms with E-state index >= 15 is 0 Å². The normalized spacial score (nSPS) is 11.9. The molecule has 268 valence electrons. The van der Waals surface area contributed by atoms with E-state index in [1.807, 2.05) is 18.2 Å². The number of para-hydroxylation sites is 3. The van der Waals surface area contributed by atoms with Crippen LogP contribution in [0.5, 0.6) is 0 Å². The van der Waals surface area contributed by atoms with Gasteiger partial charge in [-0.3, -0.25) is 9.13 Å². The number of hydrogen-bond donors (Lipinski definition) is 0. The molecule has 6 heteroatoms. The van der Waals surface area contributed by atoms with Crippen molar-refractivity contribution in [3.63, 3.8) is 0 Å². The van der Waals surface area contributed by atoms with Crippen molar-refractivity contribution < 1.29 is 0 Å². The zero-order valence-corrected chi connectivity index (χ0v) is 31.9. The number of hydrogen-bond acceptors (Lipinski definition) is 3. The molecule has 0 radical (unpaired) electrons. The van der Waals surface area contributed by atoms with Crippen LogP contribution in [0, 0.1) is 0 Å². The van der Waals surface area contributed by atoms with E-state index in [-0.39, 0.29) is 0 Å². The molecule has 0 bridgehead atoms. The second kappa shape index (κ2) is 13.4. The van der Waals surface area contributed by atoms with Crippen LogP contribution in [-0.4, -0.2) is 32.2 Å². The van der Waals surface area contributed by atoms with Crippen LogP contribution in [0.2, 0.25) is 0 Å². The Kier molecular flexibility index (Phi) is 7.76. The van der Waals surface area contributed by atoms with Gasteiger partial charge in [0.25, 0.3) is 0 Å². The largest absolute Gasteiger partial charge is 0.278 e. The van der Waals surface area contributed by atoms with Gasteiger partial charge in [0.15, 0.2) is 13.9 Å². The molecule has 0 aliphatic rings. The number of nitrogens with zero attached hydrogens (tertiary/aromatic N) is 5. The van der Waals surface area contributed by atoms with Gasteiger partial charge >= 0.3 is 0 Å². The van der Waals surface area contributed by atoms with Crippen LogP contribution in [0.4, 0.5) is 0 Å². The lowest BCUT2D eigenvalue weighted by Gasteiger charge is -2.34. The maximum Gasteiger partial charge on any atom is 0.240 e. The Labute approximate surface area is 330 Å². The average Bonchev–Trinajstić information content (AvgIpc) is 3.81. The standard InChI is InChI=1S/C51H35N5Si/c1-5-19-36(20-6-1)49-52-50(55-45-30-16-13-27-41(45)42-28-14-17-31-46(42)55)54-51(53-49)56-47-32-18-15-29-43(47)44-35-40(33-34-48(44)56)57(37-21-7-2-8-22-37,38-23-9-3-10-24-38)39-25-11-4-12-26-39/h1-35H. The highest BCUT2D eigenvalue weighted by atomic mass is 28.3. The van der Waals surface area contributed by atoms with E-state index in [0.717, 1.165) is 49.2 Å². The first-order chi connectivity index (χ1) is 28.3. The molecule has 3 aromatic heterocycles. The van der Waals surface area contributed by atoms with Crippen molar-refractivity contribution in [2.24, 2.45) is 0 Å². The van der Waals surface area contributed by atoms with Crippen molar-refractivity contribution >= 4 is 72.4 Å². The molecule has 8 aromatic carbocycles. The molecule has 0 saturated heterocycles. The van der Waals surface area contributed by atoms with Crippen LogP contribution < -0.4 is 20.7 Å². The van der Waals surface area contributed by atoms with Gasteiger partial charge in [-0.05, 0) is 45.0 Å². The van der Waals surface area contributed by atoms with Crippen molar-refractivity contribution in [1.29, 1.82) is 0 Å². The molecule has 0 saturated carbocycles. The molecular formula is C51H35N5Si. The topological polar surface area (TPSA) is 48.5 Å². The highest BCUT2D eigenvalue weighted by molar-refractivity contribution is 7.20. The van der Waals surface area contributed by atoms with E-state index < -0.39 is 8.07 Å². The second-order valence-electron chi connectivity index (χ2n) is 14.4. The quantitative estimate of drug-likeness (QED) is 0.121. The van der Waals surface area contributed by atoms with Gasteiger partial charge in [0.2, 0.25) is 11.9 Å². The summed E-state index contributed by atoms with van der Waals surface area (Å²) in [6, 6.07) is 76.1. The Morgan fingerprint density at radius 2 is 0.667 bits per heavy atom. The Balaban J connectivity index is 1.21. The molecule has 5 nitrogen and oxygen atoms in total. The molecule has 11 rings (SSSR count).